The van der Waals surface area contributed by atoms with Crippen LogP contribution in [0.5, 0.6) is 0 Å². The Morgan fingerprint density at radius 3 is 1.06 bits per heavy atom. The molecule has 0 saturated carbocycles. The van der Waals surface area contributed by atoms with Crippen LogP contribution in [0.1, 0.15) is 22.3 Å². The molecule has 0 N–H and O–H groups in total. The fourth-order valence-electron chi connectivity index (χ4n) is 4.60. The summed E-state index contributed by atoms with van der Waals surface area (Å²) >= 11 is 0. The second-order valence-corrected chi connectivity index (χ2v) is 8.36. The van der Waals surface area contributed by atoms with Crippen molar-refractivity contribution in [2.45, 2.75) is 0 Å². The molecule has 6 heteroatoms. The Bertz CT molecular complexity index is 1550. The fourth-order valence-corrected chi connectivity index (χ4v) is 4.60. The Morgan fingerprint density at radius 2 is 0.694 bits per heavy atom. The Labute approximate surface area is 205 Å². The second-order valence-electron chi connectivity index (χ2n) is 8.36. The van der Waals surface area contributed by atoms with Gasteiger partial charge in [0.1, 0.15) is 0 Å². The van der Waals surface area contributed by atoms with Gasteiger partial charge in [-0.2, -0.15) is 0 Å². The number of benzene rings is 4. The predicted molar refractivity (Wildman–Crippen MR) is 133 cm³/mol. The number of fused-ring (bicyclic) bond motifs is 1. The molecule has 6 rings (SSSR count). The number of hydrogen-bond donors (Lipinski definition) is 0. The standard InChI is InChI=1S/C30H16O6/c31-27-23(17-7-3-1-4-8-17)25(29(33)35-27)21-13-11-20-16-22(14-12-19(20)15-21)26-24(28(32)36-30(26)34)18-9-5-2-6-10-18/h1-16H. The first kappa shape index (κ1) is 21.4. The van der Waals surface area contributed by atoms with Crippen LogP contribution < -0.4 is 0 Å². The molecular weight excluding hydrogens is 456 g/mol. The topological polar surface area (TPSA) is 86.7 Å². The lowest BCUT2D eigenvalue weighted by Crippen LogP contribution is -2.02. The van der Waals surface area contributed by atoms with E-state index in [-0.39, 0.29) is 22.3 Å². The summed E-state index contributed by atoms with van der Waals surface area (Å²) in [6.07, 6.45) is 0. The van der Waals surface area contributed by atoms with Gasteiger partial charge in [0.2, 0.25) is 0 Å². The van der Waals surface area contributed by atoms with E-state index in [1.54, 1.807) is 84.9 Å². The van der Waals surface area contributed by atoms with E-state index in [1.165, 1.54) is 0 Å². The summed E-state index contributed by atoms with van der Waals surface area (Å²) in [5.41, 5.74) is 3.15. The van der Waals surface area contributed by atoms with E-state index < -0.39 is 23.9 Å². The number of carbonyl (C=O) groups excluding carboxylic acids is 4. The van der Waals surface area contributed by atoms with Crippen LogP contribution >= 0.6 is 0 Å². The Morgan fingerprint density at radius 1 is 0.361 bits per heavy atom. The van der Waals surface area contributed by atoms with Gasteiger partial charge >= 0.3 is 23.9 Å². The molecule has 0 aliphatic carbocycles. The summed E-state index contributed by atoms with van der Waals surface area (Å²) in [6, 6.07) is 28.4. The third-order valence-corrected chi connectivity index (χ3v) is 6.23. The number of cyclic esters (lactones) is 4. The van der Waals surface area contributed by atoms with Gasteiger partial charge in [0.25, 0.3) is 0 Å². The molecule has 0 bridgehead atoms. The first-order valence-electron chi connectivity index (χ1n) is 11.2. The first-order valence-corrected chi connectivity index (χ1v) is 11.2. The maximum atomic E-state index is 12.6. The van der Waals surface area contributed by atoms with Crippen molar-refractivity contribution >= 4 is 56.9 Å². The van der Waals surface area contributed by atoms with E-state index in [9.17, 15) is 19.2 Å². The largest absolute Gasteiger partial charge is 0.386 e. The second kappa shape index (κ2) is 8.29. The van der Waals surface area contributed by atoms with Crippen molar-refractivity contribution in [1.29, 1.82) is 0 Å². The van der Waals surface area contributed by atoms with Crippen LogP contribution in [0.15, 0.2) is 97.1 Å². The van der Waals surface area contributed by atoms with Gasteiger partial charge in [-0.05, 0) is 45.2 Å². The molecule has 0 radical (unpaired) electrons. The van der Waals surface area contributed by atoms with E-state index >= 15 is 0 Å². The molecule has 0 aromatic heterocycles. The maximum absolute atomic E-state index is 12.6. The van der Waals surface area contributed by atoms with Crippen LogP contribution in [-0.4, -0.2) is 23.9 Å². The Balaban J connectivity index is 1.47. The van der Waals surface area contributed by atoms with Crippen LogP contribution in [0.25, 0.3) is 33.1 Å². The van der Waals surface area contributed by atoms with Crippen molar-refractivity contribution in [3.8, 4) is 0 Å². The van der Waals surface area contributed by atoms with Gasteiger partial charge in [0, 0.05) is 0 Å². The fraction of sp³-hybridized carbons (Fsp3) is 0. The van der Waals surface area contributed by atoms with Crippen LogP contribution in [0.4, 0.5) is 0 Å². The predicted octanol–water partition coefficient (Wildman–Crippen LogP) is 4.83. The van der Waals surface area contributed by atoms with Gasteiger partial charge in [-0.15, -0.1) is 0 Å². The lowest BCUT2D eigenvalue weighted by atomic mass is 9.92. The monoisotopic (exact) mass is 472 g/mol. The molecule has 2 aliphatic heterocycles. The minimum atomic E-state index is -0.695. The molecular formula is C30H16O6. The number of carbonyl (C=O) groups is 4. The molecule has 6 nitrogen and oxygen atoms in total. The van der Waals surface area contributed by atoms with Gasteiger partial charge in [-0.3, -0.25) is 0 Å². The van der Waals surface area contributed by atoms with E-state index in [2.05, 4.69) is 0 Å². The van der Waals surface area contributed by atoms with Gasteiger partial charge in [-0.25, -0.2) is 19.2 Å². The number of rotatable bonds is 4. The quantitative estimate of drug-likeness (QED) is 0.312. The van der Waals surface area contributed by atoms with E-state index in [0.29, 0.717) is 22.3 Å². The van der Waals surface area contributed by atoms with Crippen LogP contribution in [0.3, 0.4) is 0 Å². The lowest BCUT2D eigenvalue weighted by Gasteiger charge is -2.08. The molecule has 0 saturated heterocycles. The maximum Gasteiger partial charge on any atom is 0.347 e. The van der Waals surface area contributed by atoms with Crippen molar-refractivity contribution in [3.63, 3.8) is 0 Å². The molecule has 0 unspecified atom stereocenters. The number of hydrogen-bond acceptors (Lipinski definition) is 6. The van der Waals surface area contributed by atoms with Gasteiger partial charge < -0.3 is 9.47 Å². The van der Waals surface area contributed by atoms with Crippen LogP contribution in [0, 0.1) is 0 Å². The number of esters is 4. The highest BCUT2D eigenvalue weighted by Gasteiger charge is 2.36. The normalized spacial score (nSPS) is 15.7. The summed E-state index contributed by atoms with van der Waals surface area (Å²) in [5, 5.41) is 1.56. The molecule has 2 heterocycles. The number of ether oxygens (including phenoxy) is 2. The highest BCUT2D eigenvalue weighted by molar-refractivity contribution is 6.46. The zero-order chi connectivity index (χ0) is 24.8. The van der Waals surface area contributed by atoms with Gasteiger partial charge in [-0.1, -0.05) is 84.9 Å². The minimum Gasteiger partial charge on any atom is -0.386 e. The Hall–Kier alpha value is -5.10. The zero-order valence-corrected chi connectivity index (χ0v) is 18.7. The van der Waals surface area contributed by atoms with Crippen molar-refractivity contribution in [3.05, 3.63) is 119 Å². The molecule has 2 aliphatic rings. The summed E-state index contributed by atoms with van der Waals surface area (Å²) < 4.78 is 9.86. The highest BCUT2D eigenvalue weighted by Crippen LogP contribution is 2.37. The summed E-state index contributed by atoms with van der Waals surface area (Å²) in [4.78, 5) is 50.1. The van der Waals surface area contributed by atoms with Gasteiger partial charge in [0.15, 0.2) is 0 Å². The summed E-state index contributed by atoms with van der Waals surface area (Å²) in [7, 11) is 0. The van der Waals surface area contributed by atoms with E-state index in [0.717, 1.165) is 10.8 Å². The van der Waals surface area contributed by atoms with Crippen molar-refractivity contribution in [1.82, 2.24) is 0 Å². The van der Waals surface area contributed by atoms with E-state index in [4.69, 9.17) is 9.47 Å². The molecule has 36 heavy (non-hydrogen) atoms. The molecule has 0 atom stereocenters. The summed E-state index contributed by atoms with van der Waals surface area (Å²) in [6.45, 7) is 0. The smallest absolute Gasteiger partial charge is 0.347 e. The van der Waals surface area contributed by atoms with Crippen molar-refractivity contribution < 1.29 is 28.7 Å². The molecule has 0 spiro atoms. The van der Waals surface area contributed by atoms with E-state index in [1.807, 2.05) is 12.1 Å². The Kier molecular flexibility index (Phi) is 4.93. The van der Waals surface area contributed by atoms with Gasteiger partial charge in [0.05, 0.1) is 22.3 Å². The third kappa shape index (κ3) is 3.44. The molecule has 4 aromatic carbocycles. The average molecular weight is 472 g/mol. The first-order chi connectivity index (χ1) is 17.5. The van der Waals surface area contributed by atoms with Crippen LogP contribution in [0.2, 0.25) is 0 Å². The average Bonchev–Trinajstić information content (AvgIpc) is 3.37. The molecule has 172 valence electrons. The summed E-state index contributed by atoms with van der Waals surface area (Å²) in [5.74, 6) is -2.75. The lowest BCUT2D eigenvalue weighted by molar-refractivity contribution is -0.151. The molecule has 0 fully saturated rings. The minimum absolute atomic E-state index is 0.205. The third-order valence-electron chi connectivity index (χ3n) is 6.23. The SMILES string of the molecule is O=C1OC(=O)C(c2ccc3cc(C4=C(c5ccccc5)C(=O)OC4=O)ccc3c2)=C1c1ccccc1. The molecule has 0 amide bonds. The van der Waals surface area contributed by atoms with Crippen LogP contribution in [-0.2, 0) is 28.7 Å². The highest BCUT2D eigenvalue weighted by atomic mass is 16.6. The molecule has 4 aromatic rings. The van der Waals surface area contributed by atoms with Crippen molar-refractivity contribution in [2.24, 2.45) is 0 Å². The zero-order valence-electron chi connectivity index (χ0n) is 18.7. The van der Waals surface area contributed by atoms with Crippen molar-refractivity contribution in [2.75, 3.05) is 0 Å².